The second-order valence-corrected chi connectivity index (χ2v) is 5.52. The van der Waals surface area contributed by atoms with Crippen LogP contribution in [0.3, 0.4) is 0 Å². The molecule has 0 spiro atoms. The smallest absolute Gasteiger partial charge is 0.239 e. The SMILES string of the molecule is O=C1CSCC(=O)N1Cc1ccc(-c2ccn[nH]2)cc1. The molecule has 1 fully saturated rings. The molecule has 3 rings (SSSR count). The van der Waals surface area contributed by atoms with Crippen molar-refractivity contribution in [1.29, 1.82) is 0 Å². The van der Waals surface area contributed by atoms with Crippen molar-refractivity contribution in [2.45, 2.75) is 6.54 Å². The van der Waals surface area contributed by atoms with E-state index in [1.807, 2.05) is 30.3 Å². The van der Waals surface area contributed by atoms with Crippen molar-refractivity contribution >= 4 is 23.6 Å². The average molecular weight is 287 g/mol. The van der Waals surface area contributed by atoms with Gasteiger partial charge < -0.3 is 0 Å². The third-order valence-corrected chi connectivity index (χ3v) is 4.06. The maximum Gasteiger partial charge on any atom is 0.239 e. The summed E-state index contributed by atoms with van der Waals surface area (Å²) in [4.78, 5) is 24.8. The minimum atomic E-state index is -0.108. The Hall–Kier alpha value is -2.08. The lowest BCUT2D eigenvalue weighted by Gasteiger charge is -2.24. The monoisotopic (exact) mass is 287 g/mol. The summed E-state index contributed by atoms with van der Waals surface area (Å²) < 4.78 is 0. The molecular weight excluding hydrogens is 274 g/mol. The quantitative estimate of drug-likeness (QED) is 0.872. The van der Waals surface area contributed by atoms with E-state index in [9.17, 15) is 9.59 Å². The summed E-state index contributed by atoms with van der Waals surface area (Å²) in [6.45, 7) is 0.349. The first kappa shape index (κ1) is 12.9. The number of aromatic amines is 1. The third-order valence-electron chi connectivity index (χ3n) is 3.16. The first-order chi connectivity index (χ1) is 9.74. The van der Waals surface area contributed by atoms with Crippen LogP contribution in [0.2, 0.25) is 0 Å². The highest BCUT2D eigenvalue weighted by molar-refractivity contribution is 8.00. The molecule has 1 aliphatic rings. The number of H-pyrrole nitrogens is 1. The number of amides is 2. The Morgan fingerprint density at radius 3 is 2.40 bits per heavy atom. The van der Waals surface area contributed by atoms with E-state index in [4.69, 9.17) is 0 Å². The molecule has 0 atom stereocenters. The molecule has 0 unspecified atom stereocenters. The van der Waals surface area contributed by atoms with Crippen molar-refractivity contribution in [1.82, 2.24) is 15.1 Å². The van der Waals surface area contributed by atoms with Gasteiger partial charge in [0.25, 0.3) is 0 Å². The number of carbonyl (C=O) groups is 2. The first-order valence-corrected chi connectivity index (χ1v) is 7.39. The fourth-order valence-electron chi connectivity index (χ4n) is 2.09. The zero-order chi connectivity index (χ0) is 13.9. The van der Waals surface area contributed by atoms with Crippen LogP contribution in [0.1, 0.15) is 5.56 Å². The Balaban J connectivity index is 1.75. The average Bonchev–Trinajstić information content (AvgIpc) is 2.98. The molecule has 0 radical (unpaired) electrons. The minimum absolute atomic E-state index is 0.108. The molecule has 1 aliphatic heterocycles. The van der Waals surface area contributed by atoms with Gasteiger partial charge in [-0.15, -0.1) is 11.8 Å². The standard InChI is InChI=1S/C14H13N3O2S/c18-13-8-20-9-14(19)17(13)7-10-1-3-11(4-2-10)12-5-6-15-16-12/h1-6H,7-9H2,(H,15,16). The lowest BCUT2D eigenvalue weighted by atomic mass is 10.1. The number of hydrogen-bond acceptors (Lipinski definition) is 4. The molecule has 2 amide bonds. The second-order valence-electron chi connectivity index (χ2n) is 4.53. The number of nitrogens with one attached hydrogen (secondary N) is 1. The summed E-state index contributed by atoms with van der Waals surface area (Å²) in [6.07, 6.45) is 1.70. The van der Waals surface area contributed by atoms with Crippen LogP contribution in [0.25, 0.3) is 11.3 Å². The lowest BCUT2D eigenvalue weighted by Crippen LogP contribution is -2.42. The summed E-state index contributed by atoms with van der Waals surface area (Å²) in [6, 6.07) is 9.66. The molecule has 2 heterocycles. The van der Waals surface area contributed by atoms with Gasteiger partial charge in [0, 0.05) is 6.20 Å². The van der Waals surface area contributed by atoms with Crippen LogP contribution in [0.5, 0.6) is 0 Å². The van der Waals surface area contributed by atoms with E-state index in [-0.39, 0.29) is 11.8 Å². The maximum atomic E-state index is 11.7. The molecule has 1 N–H and O–H groups in total. The van der Waals surface area contributed by atoms with Gasteiger partial charge in [0.05, 0.1) is 23.7 Å². The van der Waals surface area contributed by atoms with E-state index in [0.717, 1.165) is 16.8 Å². The zero-order valence-corrected chi connectivity index (χ0v) is 11.5. The number of imide groups is 1. The molecule has 20 heavy (non-hydrogen) atoms. The van der Waals surface area contributed by atoms with E-state index in [0.29, 0.717) is 18.1 Å². The van der Waals surface area contributed by atoms with Crippen LogP contribution in [-0.2, 0) is 16.1 Å². The van der Waals surface area contributed by atoms with Gasteiger partial charge in [-0.05, 0) is 17.2 Å². The van der Waals surface area contributed by atoms with E-state index in [1.54, 1.807) is 6.20 Å². The van der Waals surface area contributed by atoms with E-state index < -0.39 is 0 Å². The molecule has 5 nitrogen and oxygen atoms in total. The summed E-state index contributed by atoms with van der Waals surface area (Å²) >= 11 is 1.37. The van der Waals surface area contributed by atoms with Crippen LogP contribution in [-0.4, -0.2) is 38.4 Å². The van der Waals surface area contributed by atoms with E-state index >= 15 is 0 Å². The summed E-state index contributed by atoms with van der Waals surface area (Å²) in [7, 11) is 0. The maximum absolute atomic E-state index is 11.7. The lowest BCUT2D eigenvalue weighted by molar-refractivity contribution is -0.142. The molecule has 1 aromatic carbocycles. The van der Waals surface area contributed by atoms with Gasteiger partial charge in [-0.25, -0.2) is 0 Å². The molecule has 0 saturated carbocycles. The van der Waals surface area contributed by atoms with Gasteiger partial charge >= 0.3 is 0 Å². The number of hydrogen-bond donors (Lipinski definition) is 1. The topological polar surface area (TPSA) is 66.1 Å². The molecule has 1 saturated heterocycles. The van der Waals surface area contributed by atoms with Crippen LogP contribution in [0.15, 0.2) is 36.5 Å². The fourth-order valence-corrected chi connectivity index (χ4v) is 2.85. The van der Waals surface area contributed by atoms with Gasteiger partial charge in [-0.3, -0.25) is 19.6 Å². The fraction of sp³-hybridized carbons (Fsp3) is 0.214. The number of benzene rings is 1. The third kappa shape index (κ3) is 2.60. The Morgan fingerprint density at radius 2 is 1.80 bits per heavy atom. The molecule has 2 aromatic rings. The number of nitrogens with zero attached hydrogens (tertiary/aromatic N) is 2. The van der Waals surface area contributed by atoms with Crippen molar-refractivity contribution < 1.29 is 9.59 Å². The molecule has 1 aromatic heterocycles. The largest absolute Gasteiger partial charge is 0.278 e. The minimum Gasteiger partial charge on any atom is -0.278 e. The van der Waals surface area contributed by atoms with Gasteiger partial charge in [0.1, 0.15) is 0 Å². The van der Waals surface area contributed by atoms with Crippen molar-refractivity contribution in [3.05, 3.63) is 42.1 Å². The van der Waals surface area contributed by atoms with Gasteiger partial charge in [-0.2, -0.15) is 5.10 Å². The predicted molar refractivity (Wildman–Crippen MR) is 76.9 cm³/mol. The first-order valence-electron chi connectivity index (χ1n) is 6.23. The molecule has 102 valence electrons. The highest BCUT2D eigenvalue weighted by Gasteiger charge is 2.26. The summed E-state index contributed by atoms with van der Waals surface area (Å²) in [5, 5.41) is 6.81. The number of carbonyl (C=O) groups excluding carboxylic acids is 2. The highest BCUT2D eigenvalue weighted by atomic mass is 32.2. The molecule has 6 heteroatoms. The number of aromatic nitrogens is 2. The Morgan fingerprint density at radius 1 is 1.10 bits per heavy atom. The zero-order valence-electron chi connectivity index (χ0n) is 10.7. The summed E-state index contributed by atoms with van der Waals surface area (Å²) in [5.41, 5.74) is 2.91. The second kappa shape index (κ2) is 5.50. The predicted octanol–water partition coefficient (Wildman–Crippen LogP) is 1.68. The van der Waals surface area contributed by atoms with Crippen molar-refractivity contribution in [3.63, 3.8) is 0 Å². The number of thioether (sulfide) groups is 1. The van der Waals surface area contributed by atoms with Gasteiger partial charge in [-0.1, -0.05) is 24.3 Å². The van der Waals surface area contributed by atoms with Crippen LogP contribution in [0, 0.1) is 0 Å². The summed E-state index contributed by atoms with van der Waals surface area (Å²) in [5.74, 6) is 0.559. The Bertz CT molecular complexity index is 606. The molecule has 0 bridgehead atoms. The van der Waals surface area contributed by atoms with Crippen molar-refractivity contribution in [3.8, 4) is 11.3 Å². The Labute approximate surface area is 120 Å². The van der Waals surface area contributed by atoms with Crippen molar-refractivity contribution in [2.75, 3.05) is 11.5 Å². The van der Waals surface area contributed by atoms with E-state index in [1.165, 1.54) is 16.7 Å². The van der Waals surface area contributed by atoms with E-state index in [2.05, 4.69) is 10.2 Å². The van der Waals surface area contributed by atoms with Gasteiger partial charge in [0.15, 0.2) is 0 Å². The Kier molecular flexibility index (Phi) is 3.56. The molecule has 0 aliphatic carbocycles. The van der Waals surface area contributed by atoms with Crippen molar-refractivity contribution in [2.24, 2.45) is 0 Å². The number of rotatable bonds is 3. The highest BCUT2D eigenvalue weighted by Crippen LogP contribution is 2.19. The van der Waals surface area contributed by atoms with Gasteiger partial charge in [0.2, 0.25) is 11.8 Å². The normalized spacial score (nSPS) is 15.7. The molecular formula is C14H13N3O2S. The van der Waals surface area contributed by atoms with Crippen LogP contribution < -0.4 is 0 Å². The van der Waals surface area contributed by atoms with Crippen LogP contribution in [0.4, 0.5) is 0 Å². The van der Waals surface area contributed by atoms with Crippen LogP contribution >= 0.6 is 11.8 Å².